The lowest BCUT2D eigenvalue weighted by molar-refractivity contribution is -0.182. The van der Waals surface area contributed by atoms with Crippen molar-refractivity contribution in [3.8, 4) is 0 Å². The van der Waals surface area contributed by atoms with E-state index in [9.17, 15) is 0 Å². The SMILES string of the molecule is COC(OC)C(C)(CN)N(C)C1CCSC1. The molecule has 2 atom stereocenters. The number of methoxy groups -OCH3 is 2. The van der Waals surface area contributed by atoms with Gasteiger partial charge in [-0.1, -0.05) is 0 Å². The van der Waals surface area contributed by atoms with Crippen molar-refractivity contribution in [3.05, 3.63) is 0 Å². The van der Waals surface area contributed by atoms with Gasteiger partial charge in [0.15, 0.2) is 6.29 Å². The highest BCUT2D eigenvalue weighted by Crippen LogP contribution is 2.29. The third-order valence-electron chi connectivity index (χ3n) is 3.61. The Hall–Kier alpha value is 0.190. The first kappa shape index (κ1) is 14.3. The van der Waals surface area contributed by atoms with E-state index in [0.29, 0.717) is 12.6 Å². The zero-order chi connectivity index (χ0) is 12.2. The van der Waals surface area contributed by atoms with Crippen molar-refractivity contribution in [3.63, 3.8) is 0 Å². The number of nitrogens with two attached hydrogens (primary N) is 1. The smallest absolute Gasteiger partial charge is 0.176 e. The van der Waals surface area contributed by atoms with Crippen LogP contribution in [0.2, 0.25) is 0 Å². The molecule has 0 bridgehead atoms. The molecule has 1 rings (SSSR count). The largest absolute Gasteiger partial charge is 0.354 e. The summed E-state index contributed by atoms with van der Waals surface area (Å²) in [7, 11) is 5.45. The van der Waals surface area contributed by atoms with E-state index in [4.69, 9.17) is 15.2 Å². The molecule has 0 aliphatic carbocycles. The minimum absolute atomic E-state index is 0.265. The number of ether oxygens (including phenoxy) is 2. The van der Waals surface area contributed by atoms with Crippen molar-refractivity contribution in [1.29, 1.82) is 0 Å². The summed E-state index contributed by atoms with van der Waals surface area (Å²) in [6.07, 6.45) is 0.935. The van der Waals surface area contributed by atoms with Crippen molar-refractivity contribution in [1.82, 2.24) is 4.90 Å². The van der Waals surface area contributed by atoms with E-state index in [2.05, 4.69) is 18.9 Å². The summed E-state index contributed by atoms with van der Waals surface area (Å²) in [5.41, 5.74) is 5.65. The van der Waals surface area contributed by atoms with E-state index in [0.717, 1.165) is 0 Å². The quantitative estimate of drug-likeness (QED) is 0.703. The summed E-state index contributed by atoms with van der Waals surface area (Å²) in [5.74, 6) is 2.41. The first-order valence-electron chi connectivity index (χ1n) is 5.66. The predicted octanol–water partition coefficient (Wildman–Crippen LogP) is 0.760. The van der Waals surface area contributed by atoms with Gasteiger partial charge in [-0.2, -0.15) is 11.8 Å². The van der Waals surface area contributed by atoms with Gasteiger partial charge in [0.1, 0.15) is 0 Å². The highest BCUT2D eigenvalue weighted by molar-refractivity contribution is 7.99. The second-order valence-electron chi connectivity index (χ2n) is 4.49. The van der Waals surface area contributed by atoms with Gasteiger partial charge in [-0.15, -0.1) is 0 Å². The summed E-state index contributed by atoms with van der Waals surface area (Å²) in [6.45, 7) is 2.63. The van der Waals surface area contributed by atoms with E-state index >= 15 is 0 Å². The zero-order valence-corrected chi connectivity index (χ0v) is 11.5. The molecule has 4 nitrogen and oxygen atoms in total. The lowest BCUT2D eigenvalue weighted by Crippen LogP contribution is -2.61. The van der Waals surface area contributed by atoms with Crippen LogP contribution in [0, 0.1) is 0 Å². The number of thioether (sulfide) groups is 1. The summed E-state index contributed by atoms with van der Waals surface area (Å²) in [5, 5.41) is 0. The number of rotatable bonds is 6. The maximum absolute atomic E-state index is 5.92. The molecule has 96 valence electrons. The van der Waals surface area contributed by atoms with Gasteiger partial charge in [0.2, 0.25) is 0 Å². The molecule has 16 heavy (non-hydrogen) atoms. The Morgan fingerprint density at radius 1 is 1.50 bits per heavy atom. The van der Waals surface area contributed by atoms with Crippen molar-refractivity contribution in [2.75, 3.05) is 39.3 Å². The maximum atomic E-state index is 5.92. The molecule has 5 heteroatoms. The average Bonchev–Trinajstić information content (AvgIpc) is 2.82. The fourth-order valence-corrected chi connectivity index (χ4v) is 3.52. The third kappa shape index (κ3) is 2.71. The Bertz CT molecular complexity index is 208. The molecule has 0 amide bonds. The summed E-state index contributed by atoms with van der Waals surface area (Å²) >= 11 is 2.00. The first-order chi connectivity index (χ1) is 7.60. The van der Waals surface area contributed by atoms with Crippen LogP contribution in [0.5, 0.6) is 0 Å². The first-order valence-corrected chi connectivity index (χ1v) is 6.82. The summed E-state index contributed by atoms with van der Waals surface area (Å²) in [6, 6.07) is 0.575. The van der Waals surface area contributed by atoms with Crippen LogP contribution in [0.3, 0.4) is 0 Å². The molecule has 0 saturated carbocycles. The van der Waals surface area contributed by atoms with E-state index in [1.165, 1.54) is 17.9 Å². The van der Waals surface area contributed by atoms with Crippen LogP contribution >= 0.6 is 11.8 Å². The molecular weight excluding hydrogens is 224 g/mol. The monoisotopic (exact) mass is 248 g/mol. The second kappa shape index (κ2) is 6.21. The van der Waals surface area contributed by atoms with Gasteiger partial charge in [0, 0.05) is 32.6 Å². The van der Waals surface area contributed by atoms with Crippen molar-refractivity contribution in [2.24, 2.45) is 5.73 Å². The van der Waals surface area contributed by atoms with E-state index in [-0.39, 0.29) is 11.8 Å². The summed E-state index contributed by atoms with van der Waals surface area (Å²) in [4.78, 5) is 2.32. The normalized spacial score (nSPS) is 25.3. The van der Waals surface area contributed by atoms with Gasteiger partial charge in [-0.25, -0.2) is 0 Å². The molecule has 0 aromatic heterocycles. The molecule has 0 radical (unpaired) electrons. The Kier molecular flexibility index (Phi) is 5.53. The molecule has 0 aromatic rings. The van der Waals surface area contributed by atoms with Crippen LogP contribution in [0.1, 0.15) is 13.3 Å². The van der Waals surface area contributed by atoms with Crippen molar-refractivity contribution in [2.45, 2.75) is 31.2 Å². The molecule has 0 spiro atoms. The Morgan fingerprint density at radius 2 is 2.12 bits per heavy atom. The molecular formula is C11H24N2O2S. The Balaban J connectivity index is 2.76. The fraction of sp³-hybridized carbons (Fsp3) is 1.00. The number of hydrogen-bond donors (Lipinski definition) is 1. The Labute approximate surface area is 103 Å². The molecule has 1 aliphatic heterocycles. The molecule has 0 aromatic carbocycles. The fourth-order valence-electron chi connectivity index (χ4n) is 2.26. The van der Waals surface area contributed by atoms with Crippen molar-refractivity contribution >= 4 is 11.8 Å². The lowest BCUT2D eigenvalue weighted by atomic mass is 9.97. The van der Waals surface area contributed by atoms with Gasteiger partial charge in [0.05, 0.1) is 5.54 Å². The Morgan fingerprint density at radius 3 is 2.50 bits per heavy atom. The second-order valence-corrected chi connectivity index (χ2v) is 5.64. The molecule has 1 saturated heterocycles. The van der Waals surface area contributed by atoms with E-state index in [1.807, 2.05) is 11.8 Å². The van der Waals surface area contributed by atoms with Gasteiger partial charge < -0.3 is 15.2 Å². The van der Waals surface area contributed by atoms with Crippen molar-refractivity contribution < 1.29 is 9.47 Å². The van der Waals surface area contributed by atoms with Gasteiger partial charge >= 0.3 is 0 Å². The molecule has 2 N–H and O–H groups in total. The van der Waals surface area contributed by atoms with E-state index < -0.39 is 0 Å². The van der Waals surface area contributed by atoms with Gasteiger partial charge in [-0.05, 0) is 26.1 Å². The minimum atomic E-state index is -0.284. The number of likely N-dealkylation sites (N-methyl/N-ethyl adjacent to an activating group) is 1. The van der Waals surface area contributed by atoms with Gasteiger partial charge in [0.25, 0.3) is 0 Å². The van der Waals surface area contributed by atoms with E-state index in [1.54, 1.807) is 14.2 Å². The van der Waals surface area contributed by atoms with Crippen LogP contribution in [-0.4, -0.2) is 62.1 Å². The van der Waals surface area contributed by atoms with Crippen LogP contribution in [0.4, 0.5) is 0 Å². The standard InChI is InChI=1S/C11H24N2O2S/c1-11(8-12,10(14-3)15-4)13(2)9-5-6-16-7-9/h9-10H,5-8,12H2,1-4H3. The molecule has 1 fully saturated rings. The average molecular weight is 248 g/mol. The third-order valence-corrected chi connectivity index (χ3v) is 4.75. The topological polar surface area (TPSA) is 47.7 Å². The molecule has 1 aliphatic rings. The minimum Gasteiger partial charge on any atom is -0.354 e. The van der Waals surface area contributed by atoms with Crippen LogP contribution in [-0.2, 0) is 9.47 Å². The summed E-state index contributed by atoms with van der Waals surface area (Å²) < 4.78 is 10.8. The maximum Gasteiger partial charge on any atom is 0.176 e. The van der Waals surface area contributed by atoms with Crippen LogP contribution < -0.4 is 5.73 Å². The highest BCUT2D eigenvalue weighted by atomic mass is 32.2. The molecule has 1 heterocycles. The number of hydrogen-bond acceptors (Lipinski definition) is 5. The predicted molar refractivity (Wildman–Crippen MR) is 68.8 cm³/mol. The zero-order valence-electron chi connectivity index (χ0n) is 10.7. The highest BCUT2D eigenvalue weighted by Gasteiger charge is 2.41. The van der Waals surface area contributed by atoms with Crippen LogP contribution in [0.15, 0.2) is 0 Å². The molecule has 2 unspecified atom stereocenters. The number of nitrogens with zero attached hydrogens (tertiary/aromatic N) is 1. The van der Waals surface area contributed by atoms with Gasteiger partial charge in [-0.3, -0.25) is 4.90 Å². The lowest BCUT2D eigenvalue weighted by Gasteiger charge is -2.45. The van der Waals surface area contributed by atoms with Crippen LogP contribution in [0.25, 0.3) is 0 Å².